The monoisotopic (exact) mass is 1720 g/mol. The van der Waals surface area contributed by atoms with Gasteiger partial charge in [-0.15, -0.1) is 11.8 Å². The van der Waals surface area contributed by atoms with Crippen LogP contribution in [-0.4, -0.2) is 272 Å². The highest BCUT2D eigenvalue weighted by atomic mass is 32.2. The van der Waals surface area contributed by atoms with Gasteiger partial charge in [0.25, 0.3) is 0 Å². The van der Waals surface area contributed by atoms with E-state index >= 15 is 19.2 Å². The molecular formula is C87H114N16O19S. The molecule has 2 heterocycles. The second kappa shape index (κ2) is 46.8. The molecule has 0 bridgehead atoms. The van der Waals surface area contributed by atoms with Crippen LogP contribution in [0.25, 0.3) is 10.9 Å². The van der Waals surface area contributed by atoms with E-state index in [4.69, 9.17) is 5.73 Å². The molecule has 0 aliphatic carbocycles. The van der Waals surface area contributed by atoms with Crippen LogP contribution in [0.2, 0.25) is 0 Å². The quantitative estimate of drug-likeness (QED) is 0.0480. The van der Waals surface area contributed by atoms with Crippen molar-refractivity contribution in [2.24, 2.45) is 17.6 Å². The van der Waals surface area contributed by atoms with E-state index in [-0.39, 0.29) is 68.1 Å². The third kappa shape index (κ3) is 29.5. The van der Waals surface area contributed by atoms with Crippen LogP contribution in [0.15, 0.2) is 140 Å². The molecule has 5 aromatic carbocycles. The van der Waals surface area contributed by atoms with Crippen molar-refractivity contribution < 1.29 is 92.0 Å². The first kappa shape index (κ1) is 97.2. The van der Waals surface area contributed by atoms with Gasteiger partial charge in [-0.25, -0.2) is 0 Å². The molecule has 36 heteroatoms. The minimum absolute atomic E-state index is 0.0363. The fourth-order valence-corrected chi connectivity index (χ4v) is 14.8. The average molecular weight is 1720 g/mol. The topological polar surface area (TPSA) is 500 Å². The van der Waals surface area contributed by atoms with Gasteiger partial charge in [-0.2, -0.15) is 0 Å². The van der Waals surface area contributed by atoms with Gasteiger partial charge >= 0.3 is 5.97 Å². The zero-order valence-electron chi connectivity index (χ0n) is 71.0. The standard InChI is InChI=1S/C87H114N16O19S/c1-12-13-28-69-85(120)100(8)47-73(108)92-65(43-75(110)111)82(117)98-76(51(4)5)87(122)101(9)52(6)77(112)96-66(40-56-31-35-59(105)36-32-56)83(118)99(7)46-72(107)91-64(42-57-44-89-61-27-21-20-26-60(57)61)81(116)95-63(38-55-29-33-58(104)34-30-55)80(115)94-62(37-50(2)3)79(114)97-68(78(113)90-45-71(88)106)48-123-49-74(109)93-67(39-53-22-16-14-17-23-53)84(119)103(11)70(86(121)102(69)10)41-54-24-18-15-19-25-54/h14-27,29-36,44,50-52,62-70,76,89,104-105H,12-13,28,37-43,45-49H2,1-11H3,(H2,88,106)(H,90,113)(H,91,107)(H,92,108)(H,93,109)(H,94,115)(H,95,116)(H,96,112)(H,97,114)(H,98,117)(H,110,111)/t52-,62-,63-,64-,65?,66-,67-,68+,69-,70-,76-/m0/s1. The third-order valence-electron chi connectivity index (χ3n) is 21.0. The van der Waals surface area contributed by atoms with Gasteiger partial charge in [0.15, 0.2) is 0 Å². The van der Waals surface area contributed by atoms with Crippen molar-refractivity contribution in [3.63, 3.8) is 0 Å². The molecule has 7 rings (SSSR count). The number of hydrogen-bond donors (Lipinski definition) is 14. The van der Waals surface area contributed by atoms with Crippen LogP contribution < -0.4 is 53.6 Å². The predicted octanol–water partition coefficient (Wildman–Crippen LogP) is 1.10. The number of carboxylic acid groups (broad SMARTS) is 1. The molecule has 1 aliphatic heterocycles. The van der Waals surface area contributed by atoms with Gasteiger partial charge in [0.2, 0.25) is 88.6 Å². The molecule has 1 fully saturated rings. The summed E-state index contributed by atoms with van der Waals surface area (Å²) in [6.07, 6.45) is 0.386. The maximum absolute atomic E-state index is 15.4. The fourth-order valence-electron chi connectivity index (χ4n) is 13.9. The predicted molar refractivity (Wildman–Crippen MR) is 458 cm³/mol. The van der Waals surface area contributed by atoms with Gasteiger partial charge in [-0.05, 0) is 89.8 Å². The van der Waals surface area contributed by atoms with E-state index in [1.165, 1.54) is 100 Å². The third-order valence-corrected chi connectivity index (χ3v) is 22.0. The Morgan fingerprint density at radius 1 is 0.496 bits per heavy atom. The number of aromatic nitrogens is 1. The summed E-state index contributed by atoms with van der Waals surface area (Å²) in [4.78, 5) is 240. The highest BCUT2D eigenvalue weighted by molar-refractivity contribution is 8.00. The first-order chi connectivity index (χ1) is 58.3. The number of nitrogens with zero attached hydrogens (tertiary/aromatic N) is 5. The number of carbonyl (C=O) groups excluding carboxylic acids is 15. The SMILES string of the molecule is CCCC[C@H]1C(=O)N(C)CC(=O)NC(CC(=O)O)C(=O)N[C@@H](C(C)C)C(=O)N(C)[C@@H](C)C(=O)N[C@@H](Cc2ccc(O)cc2)C(=O)N(C)CC(=O)N[C@@H](Cc2c[nH]c3ccccc23)C(=O)N[C@@H](Cc2ccc(O)cc2)C(=O)N[C@@H](CC(C)C)C(=O)N[C@@H](C(=O)NCC(N)=O)CSCC(=O)N[C@@H](Cc2ccccc2)C(=O)N(C)[C@@H](Cc2ccccc2)C(=O)N1C. The smallest absolute Gasteiger partial charge is 0.305 e. The van der Waals surface area contributed by atoms with Crippen molar-refractivity contribution >= 4 is 117 Å². The summed E-state index contributed by atoms with van der Waals surface area (Å²) in [5.41, 5.74) is 8.60. The van der Waals surface area contributed by atoms with E-state index in [9.17, 15) is 72.9 Å². The summed E-state index contributed by atoms with van der Waals surface area (Å²) in [5, 5.41) is 55.0. The minimum atomic E-state index is -1.88. The summed E-state index contributed by atoms with van der Waals surface area (Å²) in [5.74, 6) is -17.3. The zero-order chi connectivity index (χ0) is 90.5. The Hall–Kier alpha value is -12.9. The zero-order valence-corrected chi connectivity index (χ0v) is 71.8. The number of nitrogens with one attached hydrogen (secondary N) is 10. The van der Waals surface area contributed by atoms with Gasteiger partial charge in [-0.3, -0.25) is 76.7 Å². The molecule has 1 unspecified atom stereocenters. The molecule has 0 radical (unpaired) electrons. The van der Waals surface area contributed by atoms with Gasteiger partial charge in [0, 0.05) is 90.2 Å². The number of benzene rings is 5. The van der Waals surface area contributed by atoms with Crippen LogP contribution in [-0.2, 0) is 109 Å². The lowest BCUT2D eigenvalue weighted by atomic mass is 9.99. The number of likely N-dealkylation sites (N-methyl/N-ethyl adjacent to an activating group) is 5. The number of primary amides is 1. The van der Waals surface area contributed by atoms with E-state index in [2.05, 4.69) is 52.8 Å². The maximum Gasteiger partial charge on any atom is 0.305 e. The lowest BCUT2D eigenvalue weighted by Gasteiger charge is -2.37. The lowest BCUT2D eigenvalue weighted by molar-refractivity contribution is -0.151. The van der Waals surface area contributed by atoms with E-state index in [0.29, 0.717) is 51.6 Å². The Morgan fingerprint density at radius 2 is 0.967 bits per heavy atom. The number of unbranched alkanes of at least 4 members (excludes halogenated alkanes) is 1. The number of carbonyl (C=O) groups is 16. The summed E-state index contributed by atoms with van der Waals surface area (Å²) in [6, 6.07) is 19.0. The van der Waals surface area contributed by atoms with Gasteiger partial charge in [0.1, 0.15) is 78.0 Å². The Balaban J connectivity index is 1.30. The summed E-state index contributed by atoms with van der Waals surface area (Å²) in [7, 11) is 6.47. The number of aromatic hydroxyl groups is 2. The Kier molecular flexibility index (Phi) is 37.0. The first-order valence-corrected chi connectivity index (χ1v) is 41.7. The number of hydrogen-bond acceptors (Lipinski definition) is 19. The molecule has 15 N–H and O–H groups in total. The summed E-state index contributed by atoms with van der Waals surface area (Å²) < 4.78 is 0. The fraction of sp³-hybridized carbons (Fsp3) is 0.448. The van der Waals surface area contributed by atoms with Crippen molar-refractivity contribution in [2.45, 2.75) is 172 Å². The largest absolute Gasteiger partial charge is 0.508 e. The number of thioether (sulfide) groups is 1. The first-order valence-electron chi connectivity index (χ1n) is 40.6. The number of rotatable bonds is 21. The van der Waals surface area contributed by atoms with E-state index in [0.717, 1.165) is 26.5 Å². The number of phenolic OH excluding ortho intramolecular Hbond substituents is 2. The van der Waals surface area contributed by atoms with E-state index in [1.807, 2.05) is 6.92 Å². The number of amides is 15. The normalized spacial score (nSPS) is 22.4. The van der Waals surface area contributed by atoms with Gasteiger partial charge in [-0.1, -0.05) is 151 Å². The molecule has 123 heavy (non-hydrogen) atoms. The summed E-state index contributed by atoms with van der Waals surface area (Å²) >= 11 is 0.829. The molecule has 11 atom stereocenters. The molecular weight excluding hydrogens is 1610 g/mol. The molecule has 0 spiro atoms. The van der Waals surface area contributed by atoms with Crippen LogP contribution in [0.1, 0.15) is 101 Å². The second-order valence-electron chi connectivity index (χ2n) is 31.5. The maximum atomic E-state index is 15.4. The molecule has 1 aromatic heterocycles. The second-order valence-corrected chi connectivity index (χ2v) is 32.6. The molecule has 6 aromatic rings. The molecule has 35 nitrogen and oxygen atoms in total. The summed E-state index contributed by atoms with van der Waals surface area (Å²) in [6.45, 7) is 7.48. The molecule has 0 saturated carbocycles. The van der Waals surface area contributed by atoms with Crippen molar-refractivity contribution in [1.82, 2.24) is 77.3 Å². The Morgan fingerprint density at radius 3 is 1.52 bits per heavy atom. The Labute approximate surface area is 718 Å². The molecule has 662 valence electrons. The van der Waals surface area contributed by atoms with Crippen molar-refractivity contribution in [3.8, 4) is 11.5 Å². The number of aromatic amines is 1. The van der Waals surface area contributed by atoms with Crippen LogP contribution >= 0.6 is 11.8 Å². The van der Waals surface area contributed by atoms with Gasteiger partial charge in [0.05, 0.1) is 31.8 Å². The number of para-hydroxylation sites is 1. The number of carboxylic acids is 1. The number of phenols is 2. The minimum Gasteiger partial charge on any atom is -0.508 e. The molecule has 1 saturated heterocycles. The molecule has 15 amide bonds. The van der Waals surface area contributed by atoms with Gasteiger partial charge < -0.3 is 98.4 Å². The van der Waals surface area contributed by atoms with Crippen LogP contribution in [0.4, 0.5) is 0 Å². The number of H-pyrrole nitrogens is 1. The van der Waals surface area contributed by atoms with E-state index < -0.39 is 199 Å². The average Bonchev–Trinajstić information content (AvgIpc) is 1.80. The highest BCUT2D eigenvalue weighted by Crippen LogP contribution is 2.24. The molecule has 1 aliphatic rings. The Bertz CT molecular complexity index is 4710. The van der Waals surface area contributed by atoms with Crippen molar-refractivity contribution in [1.29, 1.82) is 0 Å². The van der Waals surface area contributed by atoms with Crippen LogP contribution in [0, 0.1) is 11.8 Å². The lowest BCUT2D eigenvalue weighted by Crippen LogP contribution is -2.60. The number of aliphatic carboxylic acids is 1. The van der Waals surface area contributed by atoms with E-state index in [1.54, 1.807) is 119 Å². The van der Waals surface area contributed by atoms with Crippen LogP contribution in [0.5, 0.6) is 11.5 Å². The van der Waals surface area contributed by atoms with Crippen molar-refractivity contribution in [2.75, 3.05) is 66.4 Å². The van der Waals surface area contributed by atoms with Crippen molar-refractivity contribution in [3.05, 3.63) is 167 Å². The van der Waals surface area contributed by atoms with Crippen LogP contribution in [0.3, 0.4) is 0 Å². The number of nitrogens with two attached hydrogens (primary N) is 1. The highest BCUT2D eigenvalue weighted by Gasteiger charge is 2.42. The number of fused-ring (bicyclic) bond motifs is 1.